The Kier molecular flexibility index (Phi) is 7.71. The largest absolute Gasteiger partial charge is 0.510 e. The number of aliphatic hydroxyl groups excluding tert-OH is 2. The van der Waals surface area contributed by atoms with E-state index in [9.17, 15) is 39.6 Å². The Morgan fingerprint density at radius 1 is 1.09 bits per heavy atom. The maximum absolute atomic E-state index is 15.5. The van der Waals surface area contributed by atoms with Gasteiger partial charge in [0.2, 0.25) is 11.7 Å². The number of anilines is 1. The Labute approximate surface area is 257 Å². The first kappa shape index (κ1) is 30.4. The number of rotatable bonds is 7. The second kappa shape index (κ2) is 11.4. The van der Waals surface area contributed by atoms with Crippen LogP contribution in [0.15, 0.2) is 59.1 Å². The average molecular weight is 621 g/mol. The van der Waals surface area contributed by atoms with Crippen molar-refractivity contribution in [3.63, 3.8) is 0 Å². The van der Waals surface area contributed by atoms with E-state index in [2.05, 4.69) is 10.6 Å². The third-order valence-electron chi connectivity index (χ3n) is 9.36. The van der Waals surface area contributed by atoms with Crippen LogP contribution in [0.4, 0.5) is 10.1 Å². The SMILES string of the molecule is NC(=O)C1=C(O)[C@@H](NCc2ccccc2)[C@@H]2C[C@@H]3Cc4c(F)cc(NC(=O)CN5CCCC5)c(O)c4C(=O)C3=C(O)[C@]2(O)C1=O. The molecule has 12 nitrogen and oxygen atoms in total. The second-order valence-electron chi connectivity index (χ2n) is 12.0. The molecule has 1 heterocycles. The fourth-order valence-electron chi connectivity index (χ4n) is 7.19. The van der Waals surface area contributed by atoms with Crippen molar-refractivity contribution in [1.82, 2.24) is 10.2 Å². The van der Waals surface area contributed by atoms with Gasteiger partial charge in [0.15, 0.2) is 17.1 Å². The Hall–Kier alpha value is -4.59. The summed E-state index contributed by atoms with van der Waals surface area (Å²) >= 11 is 0. The highest BCUT2D eigenvalue weighted by Crippen LogP contribution is 2.52. The fourth-order valence-corrected chi connectivity index (χ4v) is 7.19. The molecule has 8 N–H and O–H groups in total. The molecular weight excluding hydrogens is 587 g/mol. The molecule has 4 aliphatic rings. The lowest BCUT2D eigenvalue weighted by molar-refractivity contribution is -0.146. The molecule has 4 atom stereocenters. The van der Waals surface area contributed by atoms with Crippen molar-refractivity contribution in [3.05, 3.63) is 81.6 Å². The van der Waals surface area contributed by atoms with Gasteiger partial charge in [-0.25, -0.2) is 4.39 Å². The maximum Gasteiger partial charge on any atom is 0.255 e. The molecule has 236 valence electrons. The molecule has 0 spiro atoms. The molecule has 2 aromatic carbocycles. The molecule has 0 saturated carbocycles. The van der Waals surface area contributed by atoms with Crippen LogP contribution in [0.2, 0.25) is 0 Å². The van der Waals surface area contributed by atoms with Gasteiger partial charge < -0.3 is 36.8 Å². The van der Waals surface area contributed by atoms with Crippen molar-refractivity contribution in [1.29, 1.82) is 0 Å². The van der Waals surface area contributed by atoms with E-state index in [1.54, 1.807) is 30.3 Å². The summed E-state index contributed by atoms with van der Waals surface area (Å²) in [6.07, 6.45) is 1.48. The topological polar surface area (TPSA) is 203 Å². The van der Waals surface area contributed by atoms with Crippen LogP contribution in [0.5, 0.6) is 5.75 Å². The number of aliphatic hydroxyl groups is 3. The number of ketones is 2. The van der Waals surface area contributed by atoms with Gasteiger partial charge in [0, 0.05) is 29.7 Å². The summed E-state index contributed by atoms with van der Waals surface area (Å²) in [4.78, 5) is 54.3. The number of primary amides is 1. The number of phenolic OH excluding ortho intramolecular Hbond substituents is 1. The molecular formula is C32H33FN4O8. The van der Waals surface area contributed by atoms with Gasteiger partial charge in [-0.05, 0) is 50.3 Å². The molecule has 1 fully saturated rings. The zero-order valence-corrected chi connectivity index (χ0v) is 24.2. The van der Waals surface area contributed by atoms with Crippen LogP contribution < -0.4 is 16.4 Å². The number of nitrogens with one attached hydrogen (secondary N) is 2. The smallest absolute Gasteiger partial charge is 0.255 e. The minimum atomic E-state index is -2.85. The monoisotopic (exact) mass is 620 g/mol. The highest BCUT2D eigenvalue weighted by molar-refractivity contribution is 6.25. The average Bonchev–Trinajstić information content (AvgIpc) is 3.50. The molecule has 0 aromatic heterocycles. The highest BCUT2D eigenvalue weighted by atomic mass is 19.1. The number of halogens is 1. The maximum atomic E-state index is 15.5. The van der Waals surface area contributed by atoms with E-state index in [-0.39, 0.29) is 37.2 Å². The molecule has 2 aromatic rings. The number of fused-ring (bicyclic) bond motifs is 3. The summed E-state index contributed by atoms with van der Waals surface area (Å²) in [7, 11) is 0. The van der Waals surface area contributed by atoms with E-state index in [1.165, 1.54) is 0 Å². The van der Waals surface area contributed by atoms with Crippen molar-refractivity contribution in [3.8, 4) is 5.75 Å². The normalized spacial score (nSPS) is 26.4. The molecule has 2 amide bonds. The first-order valence-electron chi connectivity index (χ1n) is 14.8. The lowest BCUT2D eigenvalue weighted by Crippen LogP contribution is -2.64. The number of nitrogens with zero attached hydrogens (tertiary/aromatic N) is 1. The van der Waals surface area contributed by atoms with E-state index in [1.807, 2.05) is 4.90 Å². The van der Waals surface area contributed by atoms with Gasteiger partial charge in [-0.2, -0.15) is 0 Å². The second-order valence-corrected chi connectivity index (χ2v) is 12.0. The lowest BCUT2D eigenvalue weighted by atomic mass is 9.58. The number of hydrogen-bond donors (Lipinski definition) is 7. The van der Waals surface area contributed by atoms with Crippen LogP contribution in [0.25, 0.3) is 0 Å². The van der Waals surface area contributed by atoms with E-state index in [4.69, 9.17) is 5.73 Å². The van der Waals surface area contributed by atoms with Crippen molar-refractivity contribution < 1.29 is 44.0 Å². The number of carbonyl (C=O) groups excluding carboxylic acids is 4. The summed E-state index contributed by atoms with van der Waals surface area (Å²) in [6, 6.07) is 8.60. The molecule has 1 saturated heterocycles. The lowest BCUT2D eigenvalue weighted by Gasteiger charge is -2.48. The van der Waals surface area contributed by atoms with Crippen molar-refractivity contribution in [2.45, 2.75) is 43.9 Å². The van der Waals surface area contributed by atoms with E-state index in [0.717, 1.165) is 37.6 Å². The van der Waals surface area contributed by atoms with E-state index in [0.29, 0.717) is 0 Å². The zero-order chi connectivity index (χ0) is 32.2. The van der Waals surface area contributed by atoms with Gasteiger partial charge in [0.1, 0.15) is 22.9 Å². The number of carbonyl (C=O) groups is 4. The summed E-state index contributed by atoms with van der Waals surface area (Å²) in [6.45, 7) is 1.58. The summed E-state index contributed by atoms with van der Waals surface area (Å²) < 4.78 is 15.5. The quantitative estimate of drug-likeness (QED) is 0.176. The first-order chi connectivity index (χ1) is 21.4. The number of hydrogen-bond acceptors (Lipinski definition) is 10. The Morgan fingerprint density at radius 3 is 2.44 bits per heavy atom. The predicted octanol–water partition coefficient (Wildman–Crippen LogP) is 1.52. The molecule has 0 bridgehead atoms. The Morgan fingerprint density at radius 2 is 1.78 bits per heavy atom. The number of phenols is 1. The minimum Gasteiger partial charge on any atom is -0.510 e. The Bertz CT molecular complexity index is 1680. The molecule has 45 heavy (non-hydrogen) atoms. The van der Waals surface area contributed by atoms with Crippen molar-refractivity contribution in [2.24, 2.45) is 17.6 Å². The van der Waals surface area contributed by atoms with E-state index < -0.39 is 86.7 Å². The van der Waals surface area contributed by atoms with Crippen molar-refractivity contribution in [2.75, 3.05) is 25.0 Å². The van der Waals surface area contributed by atoms with Gasteiger partial charge >= 0.3 is 0 Å². The zero-order valence-electron chi connectivity index (χ0n) is 24.2. The van der Waals surface area contributed by atoms with Crippen LogP contribution in [0.3, 0.4) is 0 Å². The van der Waals surface area contributed by atoms with Gasteiger partial charge in [-0.15, -0.1) is 0 Å². The van der Waals surface area contributed by atoms with Gasteiger partial charge in [-0.3, -0.25) is 24.1 Å². The van der Waals surface area contributed by atoms with Crippen LogP contribution >= 0.6 is 0 Å². The van der Waals surface area contributed by atoms with Crippen LogP contribution in [0, 0.1) is 17.7 Å². The Balaban J connectivity index is 1.38. The van der Waals surface area contributed by atoms with Crippen LogP contribution in [0.1, 0.15) is 40.7 Å². The van der Waals surface area contributed by atoms with Crippen LogP contribution in [-0.2, 0) is 27.3 Å². The summed E-state index contributed by atoms with van der Waals surface area (Å²) in [5.41, 5.74) is 0.974. The minimum absolute atomic E-state index is 0.0126. The number of likely N-dealkylation sites (tertiary alicyclic amines) is 1. The van der Waals surface area contributed by atoms with Crippen molar-refractivity contribution >= 4 is 29.1 Å². The summed E-state index contributed by atoms with van der Waals surface area (Å²) in [5.74, 6) is -9.87. The van der Waals surface area contributed by atoms with Gasteiger partial charge in [-0.1, -0.05) is 30.3 Å². The van der Waals surface area contributed by atoms with Gasteiger partial charge in [0.25, 0.3) is 5.91 Å². The molecule has 0 unspecified atom stereocenters. The third-order valence-corrected chi connectivity index (χ3v) is 9.36. The standard InChI is InChI=1S/C32H33FN4O8/c33-19-12-20(36-21(38)14-37-8-4-5-9-37)26(39)23-17(19)10-16-11-18-25(35-13-15-6-2-1-3-7-15)28(41)24(31(34)44)30(43)32(18,45)29(42)22(16)27(23)40/h1-3,6-7,12,16,18,25,35,39,41-42,45H,4-5,8-11,13-14H2,(H2,34,44)(H,36,38)/t16-,18-,25-,32-/m0/s1. The van der Waals surface area contributed by atoms with E-state index >= 15 is 4.39 Å². The number of aromatic hydroxyl groups is 1. The molecule has 0 radical (unpaired) electrons. The third kappa shape index (κ3) is 4.96. The van der Waals surface area contributed by atoms with Gasteiger partial charge in [0.05, 0.1) is 23.8 Å². The highest BCUT2D eigenvalue weighted by Gasteiger charge is 2.63. The number of amides is 2. The number of Topliss-reactive ketones (excluding diaryl/α,β-unsaturated/α-hetero) is 2. The number of nitrogens with two attached hydrogens (primary N) is 1. The first-order valence-corrected chi connectivity index (χ1v) is 14.8. The van der Waals surface area contributed by atoms with Crippen LogP contribution in [-0.4, -0.2) is 80.0 Å². The fraction of sp³-hybridized carbons (Fsp3) is 0.375. The predicted molar refractivity (Wildman–Crippen MR) is 158 cm³/mol. The molecule has 13 heteroatoms. The number of allylic oxidation sites excluding steroid dienone is 1. The molecule has 1 aliphatic heterocycles. The summed E-state index contributed by atoms with van der Waals surface area (Å²) in [5, 5.41) is 51.0. The number of benzene rings is 2. The molecule has 6 rings (SSSR count). The molecule has 3 aliphatic carbocycles.